The van der Waals surface area contributed by atoms with Crippen LogP contribution >= 0.6 is 0 Å². The van der Waals surface area contributed by atoms with Crippen molar-refractivity contribution in [3.8, 4) is 0 Å². The molecule has 0 saturated heterocycles. The summed E-state index contributed by atoms with van der Waals surface area (Å²) in [4.78, 5) is 37.8. The minimum absolute atomic E-state index is 0.178. The average Bonchev–Trinajstić information content (AvgIpc) is 2.92. The Morgan fingerprint density at radius 1 is 0.326 bits per heavy atom. The van der Waals surface area contributed by atoms with Crippen LogP contribution in [0.3, 0.4) is 0 Å². The molecule has 0 heterocycles. The summed E-state index contributed by atoms with van der Waals surface area (Å²) < 4.78 is 23.1. The Labute approximate surface area is 589 Å². The van der Waals surface area contributed by atoms with E-state index in [1.165, 1.54) is 283 Å². The molecule has 0 aromatic carbocycles. The molecule has 0 aliphatic heterocycles. The number of likely N-dealkylation sites (N-methyl/N-ethyl adjacent to an activating group) is 1. The molecule has 0 amide bonds. The Morgan fingerprint density at radius 3 is 0.905 bits per heavy atom. The topological polar surface area (TPSA) is 108 Å². The first-order valence-electron chi connectivity index (χ1n) is 40.8. The standard InChI is InChI=1S/C86H155NO8/c1-6-8-10-12-14-16-18-20-22-24-26-28-30-32-34-36-38-39-40-41-42-43-44-45-47-49-51-53-55-57-59-61-63-65-67-69-71-73-75-77-84(89)95-82(81-94-86(85(90)91)92-79-78-87(3,4)5)80-93-83(88)76-74-72-70-68-66-64-62-60-58-56-54-52-50-48-46-37-35-33-31-29-27-25-23-21-19-17-15-13-11-9-7-2/h8,10,14,16,20,22,25-28,32,34,38-39,82,86H,6-7,9,11-13,15,17-19,21,23-24,29-31,33,35-37,40-81H2,1-5H3/p+1/b10-8-,16-14-,22-20-,27-25-,28-26-,34-32-,39-38-. The molecule has 552 valence electrons. The molecule has 0 fully saturated rings. The van der Waals surface area contributed by atoms with Gasteiger partial charge in [0.15, 0.2) is 6.10 Å². The highest BCUT2D eigenvalue weighted by Gasteiger charge is 2.25. The van der Waals surface area contributed by atoms with E-state index in [1.54, 1.807) is 0 Å². The maximum absolute atomic E-state index is 13.0. The van der Waals surface area contributed by atoms with Crippen LogP contribution in [0.2, 0.25) is 0 Å². The third-order valence-electron chi connectivity index (χ3n) is 18.1. The maximum Gasteiger partial charge on any atom is 0.361 e. The second-order valence-corrected chi connectivity index (χ2v) is 28.7. The van der Waals surface area contributed by atoms with E-state index in [4.69, 9.17) is 18.9 Å². The second-order valence-electron chi connectivity index (χ2n) is 28.7. The van der Waals surface area contributed by atoms with Gasteiger partial charge in [0.2, 0.25) is 0 Å². The number of esters is 2. The highest BCUT2D eigenvalue weighted by molar-refractivity contribution is 5.71. The number of nitrogens with zero attached hydrogens (tertiary/aromatic N) is 1. The molecule has 0 aliphatic carbocycles. The van der Waals surface area contributed by atoms with Gasteiger partial charge in [-0.2, -0.15) is 0 Å². The van der Waals surface area contributed by atoms with Gasteiger partial charge in [0.05, 0.1) is 34.4 Å². The van der Waals surface area contributed by atoms with E-state index >= 15 is 0 Å². The molecule has 0 saturated carbocycles. The van der Waals surface area contributed by atoms with E-state index < -0.39 is 18.4 Å². The van der Waals surface area contributed by atoms with Gasteiger partial charge in [-0.15, -0.1) is 0 Å². The van der Waals surface area contributed by atoms with Crippen LogP contribution in [0.25, 0.3) is 0 Å². The summed E-state index contributed by atoms with van der Waals surface area (Å²) in [6, 6.07) is 0. The summed E-state index contributed by atoms with van der Waals surface area (Å²) in [7, 11) is 6.00. The molecule has 0 radical (unpaired) electrons. The molecule has 9 heteroatoms. The quantitative estimate of drug-likeness (QED) is 0.0211. The number of hydrogen-bond acceptors (Lipinski definition) is 7. The molecule has 0 aromatic heterocycles. The SMILES string of the molecule is CC/C=C\C/C=C\C/C=C\C/C=C\C/C=C\C/C=C\CCCCCCCCCCCCCCCCCCCCCCC(=O)OC(COC(=O)CCCCCCCCCCCCCCCCCCCCC/C=C\CCCCCCCCCC)COC(OCC[N+](C)(C)C)C(=O)O. The van der Waals surface area contributed by atoms with Gasteiger partial charge in [0.25, 0.3) is 6.29 Å². The fourth-order valence-corrected chi connectivity index (χ4v) is 12.0. The molecular weight excluding hydrogens is 1170 g/mol. The molecule has 95 heavy (non-hydrogen) atoms. The number of quaternary nitrogens is 1. The average molecular weight is 1330 g/mol. The van der Waals surface area contributed by atoms with Gasteiger partial charge >= 0.3 is 17.9 Å². The van der Waals surface area contributed by atoms with Crippen molar-refractivity contribution >= 4 is 17.9 Å². The summed E-state index contributed by atoms with van der Waals surface area (Å²) >= 11 is 0. The first-order chi connectivity index (χ1) is 46.6. The zero-order valence-corrected chi connectivity index (χ0v) is 63.3. The molecule has 1 N–H and O–H groups in total. The van der Waals surface area contributed by atoms with Crippen LogP contribution in [-0.4, -0.2) is 87.4 Å². The van der Waals surface area contributed by atoms with Gasteiger partial charge < -0.3 is 28.5 Å². The van der Waals surface area contributed by atoms with E-state index in [1.807, 2.05) is 21.1 Å². The number of rotatable bonds is 76. The van der Waals surface area contributed by atoms with E-state index in [-0.39, 0.29) is 38.2 Å². The highest BCUT2D eigenvalue weighted by atomic mass is 16.7. The van der Waals surface area contributed by atoms with Crippen LogP contribution in [-0.2, 0) is 33.3 Å². The predicted molar refractivity (Wildman–Crippen MR) is 410 cm³/mol. The minimum Gasteiger partial charge on any atom is -0.477 e. The lowest BCUT2D eigenvalue weighted by atomic mass is 10.0. The summed E-state index contributed by atoms with van der Waals surface area (Å²) in [6.07, 6.45) is 102. The van der Waals surface area contributed by atoms with Gasteiger partial charge in [-0.1, -0.05) is 369 Å². The lowest BCUT2D eigenvalue weighted by molar-refractivity contribution is -0.870. The summed E-state index contributed by atoms with van der Waals surface area (Å²) in [6.45, 7) is 4.82. The smallest absolute Gasteiger partial charge is 0.361 e. The number of allylic oxidation sites excluding steroid dienone is 14. The van der Waals surface area contributed by atoms with Crippen molar-refractivity contribution in [1.82, 2.24) is 0 Å². The van der Waals surface area contributed by atoms with Crippen molar-refractivity contribution < 1.29 is 42.9 Å². The van der Waals surface area contributed by atoms with Crippen molar-refractivity contribution in [3.63, 3.8) is 0 Å². The second kappa shape index (κ2) is 76.2. The third kappa shape index (κ3) is 77.7. The molecule has 0 bridgehead atoms. The van der Waals surface area contributed by atoms with Gasteiger partial charge in [0, 0.05) is 12.8 Å². The zero-order valence-electron chi connectivity index (χ0n) is 63.3. The monoisotopic (exact) mass is 1330 g/mol. The van der Waals surface area contributed by atoms with Crippen LogP contribution in [0, 0.1) is 0 Å². The molecule has 0 spiro atoms. The predicted octanol–water partition coefficient (Wildman–Crippen LogP) is 26.2. The number of hydrogen-bond donors (Lipinski definition) is 1. The van der Waals surface area contributed by atoms with E-state index in [0.717, 1.165) is 77.0 Å². The molecule has 0 aliphatic rings. The fraction of sp³-hybridized carbons (Fsp3) is 0.802. The van der Waals surface area contributed by atoms with E-state index in [0.29, 0.717) is 17.4 Å². The normalized spacial score (nSPS) is 13.1. The fourth-order valence-electron chi connectivity index (χ4n) is 12.0. The number of carboxylic acid groups (broad SMARTS) is 1. The first kappa shape index (κ1) is 91.5. The van der Waals surface area contributed by atoms with Crippen molar-refractivity contribution in [2.24, 2.45) is 0 Å². The summed E-state index contributed by atoms with van der Waals surface area (Å²) in [5.74, 6) is -1.98. The number of carbonyl (C=O) groups is 3. The molecule has 2 unspecified atom stereocenters. The summed E-state index contributed by atoms with van der Waals surface area (Å²) in [5.41, 5.74) is 0. The number of aliphatic carboxylic acids is 1. The molecule has 0 aromatic rings. The van der Waals surface area contributed by atoms with E-state index in [2.05, 4.69) is 98.9 Å². The third-order valence-corrected chi connectivity index (χ3v) is 18.1. The number of carboxylic acids is 1. The Kier molecular flexibility index (Phi) is 73.4. The number of carbonyl (C=O) groups excluding carboxylic acids is 2. The minimum atomic E-state index is -1.51. The maximum atomic E-state index is 13.0. The van der Waals surface area contributed by atoms with Crippen molar-refractivity contribution in [2.75, 3.05) is 47.5 Å². The van der Waals surface area contributed by atoms with Gasteiger partial charge in [-0.25, -0.2) is 4.79 Å². The van der Waals surface area contributed by atoms with Crippen LogP contribution in [0.4, 0.5) is 0 Å². The van der Waals surface area contributed by atoms with E-state index in [9.17, 15) is 19.5 Å². The van der Waals surface area contributed by atoms with Crippen molar-refractivity contribution in [3.05, 3.63) is 85.1 Å². The molecule has 9 nitrogen and oxygen atoms in total. The molecule has 0 rings (SSSR count). The van der Waals surface area contributed by atoms with Gasteiger partial charge in [-0.3, -0.25) is 9.59 Å². The lowest BCUT2D eigenvalue weighted by Gasteiger charge is -2.25. The van der Waals surface area contributed by atoms with Crippen LogP contribution in [0.15, 0.2) is 85.1 Å². The molecular formula is C86H156NO8+. The molecule has 2 atom stereocenters. The van der Waals surface area contributed by atoms with Crippen LogP contribution in [0.5, 0.6) is 0 Å². The largest absolute Gasteiger partial charge is 0.477 e. The first-order valence-corrected chi connectivity index (χ1v) is 40.8. The number of unbranched alkanes of at least 4 members (excludes halogenated alkanes) is 47. The van der Waals surface area contributed by atoms with Crippen LogP contribution in [0.1, 0.15) is 386 Å². The Hall–Kier alpha value is -3.53. The van der Waals surface area contributed by atoms with Gasteiger partial charge in [-0.05, 0) is 89.9 Å². The van der Waals surface area contributed by atoms with Crippen LogP contribution < -0.4 is 0 Å². The number of ether oxygens (including phenoxy) is 4. The Morgan fingerprint density at radius 2 is 0.600 bits per heavy atom. The Bertz CT molecular complexity index is 1840. The van der Waals surface area contributed by atoms with Gasteiger partial charge in [0.1, 0.15) is 13.2 Å². The lowest BCUT2D eigenvalue weighted by Crippen LogP contribution is -2.40. The van der Waals surface area contributed by atoms with Crippen molar-refractivity contribution in [1.29, 1.82) is 0 Å². The highest BCUT2D eigenvalue weighted by Crippen LogP contribution is 2.19. The summed E-state index contributed by atoms with van der Waals surface area (Å²) in [5, 5.41) is 9.78. The zero-order chi connectivity index (χ0) is 69.0. The van der Waals surface area contributed by atoms with Crippen molar-refractivity contribution in [2.45, 2.75) is 399 Å². The Balaban J connectivity index is 3.98.